The van der Waals surface area contributed by atoms with E-state index in [1.54, 1.807) is 0 Å². The van der Waals surface area contributed by atoms with Crippen molar-refractivity contribution in [2.24, 2.45) is 0 Å². The van der Waals surface area contributed by atoms with Gasteiger partial charge in [0.15, 0.2) is 0 Å². The van der Waals surface area contributed by atoms with Crippen LogP contribution in [0.5, 0.6) is 0 Å². The molecule has 0 bridgehead atoms. The van der Waals surface area contributed by atoms with Crippen LogP contribution in [0.4, 0.5) is 4.79 Å². The molecule has 0 spiro atoms. The van der Waals surface area contributed by atoms with Crippen LogP contribution in [0, 0.1) is 0 Å². The van der Waals surface area contributed by atoms with Crippen molar-refractivity contribution in [2.45, 2.75) is 19.4 Å². The second-order valence-corrected chi connectivity index (χ2v) is 5.99. The van der Waals surface area contributed by atoms with E-state index in [0.29, 0.717) is 13.1 Å². The number of hydrogen-bond acceptors (Lipinski definition) is 1. The van der Waals surface area contributed by atoms with Crippen LogP contribution in [-0.2, 0) is 19.4 Å². The van der Waals surface area contributed by atoms with Gasteiger partial charge in [-0.25, -0.2) is 4.79 Å². The van der Waals surface area contributed by atoms with Gasteiger partial charge in [-0.2, -0.15) is 0 Å². The molecule has 1 aliphatic heterocycles. The third kappa shape index (κ3) is 3.60. The van der Waals surface area contributed by atoms with E-state index in [4.69, 9.17) is 11.6 Å². The molecule has 2 aromatic carbocycles. The predicted molar refractivity (Wildman–Crippen MR) is 89.1 cm³/mol. The minimum atomic E-state index is 0.0171. The summed E-state index contributed by atoms with van der Waals surface area (Å²) in [5.41, 5.74) is 3.78. The zero-order valence-electron chi connectivity index (χ0n) is 12.4. The number of nitrogens with zero attached hydrogens (tertiary/aromatic N) is 1. The van der Waals surface area contributed by atoms with Crippen LogP contribution in [0.25, 0.3) is 0 Å². The Morgan fingerprint density at radius 1 is 1.09 bits per heavy atom. The number of benzene rings is 2. The van der Waals surface area contributed by atoms with E-state index >= 15 is 0 Å². The number of urea groups is 1. The molecule has 114 valence electrons. The molecule has 0 radical (unpaired) electrons. The lowest BCUT2D eigenvalue weighted by molar-refractivity contribution is 0.192. The Morgan fingerprint density at radius 3 is 2.59 bits per heavy atom. The average molecular weight is 315 g/mol. The third-order valence-electron chi connectivity index (χ3n) is 4.02. The Morgan fingerprint density at radius 2 is 1.82 bits per heavy atom. The van der Waals surface area contributed by atoms with Crippen LogP contribution in [0.1, 0.15) is 16.7 Å². The summed E-state index contributed by atoms with van der Waals surface area (Å²) in [5, 5.41) is 3.74. The maximum atomic E-state index is 12.2. The van der Waals surface area contributed by atoms with Gasteiger partial charge in [-0.1, -0.05) is 48.0 Å². The van der Waals surface area contributed by atoms with Crippen LogP contribution in [0.2, 0.25) is 5.02 Å². The molecule has 2 amide bonds. The van der Waals surface area contributed by atoms with Crippen molar-refractivity contribution < 1.29 is 4.79 Å². The van der Waals surface area contributed by atoms with Crippen LogP contribution in [0.3, 0.4) is 0 Å². The number of fused-ring (bicyclic) bond motifs is 1. The van der Waals surface area contributed by atoms with Crippen LogP contribution in [0.15, 0.2) is 48.5 Å². The van der Waals surface area contributed by atoms with Gasteiger partial charge in [0.05, 0.1) is 0 Å². The molecular formula is C18H19ClN2O. The largest absolute Gasteiger partial charge is 0.338 e. The van der Waals surface area contributed by atoms with Crippen molar-refractivity contribution in [1.82, 2.24) is 10.2 Å². The molecule has 22 heavy (non-hydrogen) atoms. The van der Waals surface area contributed by atoms with E-state index in [9.17, 15) is 4.79 Å². The highest BCUT2D eigenvalue weighted by Crippen LogP contribution is 2.18. The van der Waals surface area contributed by atoms with E-state index in [1.807, 2.05) is 35.2 Å². The van der Waals surface area contributed by atoms with Gasteiger partial charge in [0.1, 0.15) is 0 Å². The molecule has 3 nitrogen and oxygen atoms in total. The third-order valence-corrected chi connectivity index (χ3v) is 4.27. The molecular weight excluding hydrogens is 296 g/mol. The maximum Gasteiger partial charge on any atom is 0.317 e. The van der Waals surface area contributed by atoms with Crippen molar-refractivity contribution in [2.75, 3.05) is 13.1 Å². The molecule has 0 saturated carbocycles. The second kappa shape index (κ2) is 6.84. The average Bonchev–Trinajstić information content (AvgIpc) is 2.56. The van der Waals surface area contributed by atoms with E-state index in [0.717, 1.165) is 24.4 Å². The van der Waals surface area contributed by atoms with Crippen molar-refractivity contribution in [1.29, 1.82) is 0 Å². The van der Waals surface area contributed by atoms with Crippen molar-refractivity contribution in [3.8, 4) is 0 Å². The normalized spacial score (nSPS) is 13.6. The molecule has 3 rings (SSSR count). The molecule has 1 aliphatic rings. The van der Waals surface area contributed by atoms with Crippen LogP contribution < -0.4 is 5.32 Å². The number of carbonyl (C=O) groups excluding carboxylic acids is 1. The van der Waals surface area contributed by atoms with Gasteiger partial charge in [-0.3, -0.25) is 0 Å². The van der Waals surface area contributed by atoms with Gasteiger partial charge in [0.25, 0.3) is 0 Å². The van der Waals surface area contributed by atoms with Gasteiger partial charge in [-0.05, 0) is 41.7 Å². The fourth-order valence-corrected chi connectivity index (χ4v) is 2.87. The van der Waals surface area contributed by atoms with E-state index < -0.39 is 0 Å². The van der Waals surface area contributed by atoms with Gasteiger partial charge < -0.3 is 10.2 Å². The summed E-state index contributed by atoms with van der Waals surface area (Å²) in [6.07, 6.45) is 1.74. The fourth-order valence-electron chi connectivity index (χ4n) is 2.75. The highest BCUT2D eigenvalue weighted by atomic mass is 35.5. The summed E-state index contributed by atoms with van der Waals surface area (Å²) in [7, 11) is 0. The molecule has 0 aromatic heterocycles. The number of hydrogen-bond donors (Lipinski definition) is 1. The molecule has 0 fully saturated rings. The highest BCUT2D eigenvalue weighted by molar-refractivity contribution is 6.30. The van der Waals surface area contributed by atoms with Crippen LogP contribution >= 0.6 is 11.6 Å². The Balaban J connectivity index is 1.50. The smallest absolute Gasteiger partial charge is 0.317 e. The summed E-state index contributed by atoms with van der Waals surface area (Å²) in [5.74, 6) is 0. The van der Waals surface area contributed by atoms with E-state index in [-0.39, 0.29) is 6.03 Å². The van der Waals surface area contributed by atoms with Gasteiger partial charge in [0, 0.05) is 24.7 Å². The Kier molecular flexibility index (Phi) is 4.64. The highest BCUT2D eigenvalue weighted by Gasteiger charge is 2.19. The summed E-state index contributed by atoms with van der Waals surface area (Å²) < 4.78 is 0. The Labute approximate surface area is 135 Å². The zero-order valence-corrected chi connectivity index (χ0v) is 13.1. The summed E-state index contributed by atoms with van der Waals surface area (Å²) in [6, 6.07) is 16.1. The van der Waals surface area contributed by atoms with Crippen molar-refractivity contribution in [3.63, 3.8) is 0 Å². The number of amides is 2. The first-order valence-corrected chi connectivity index (χ1v) is 7.94. The minimum absolute atomic E-state index is 0.0171. The number of halogens is 1. The standard InChI is InChI=1S/C18H19ClN2O/c19-17-7-5-14(6-8-17)9-11-20-18(22)21-12-10-15-3-1-2-4-16(15)13-21/h1-8H,9-13H2,(H,20,22). The predicted octanol–water partition coefficient (Wildman–Crippen LogP) is 3.65. The summed E-state index contributed by atoms with van der Waals surface area (Å²) >= 11 is 5.86. The van der Waals surface area contributed by atoms with Crippen molar-refractivity contribution >= 4 is 17.6 Å². The lowest BCUT2D eigenvalue weighted by Crippen LogP contribution is -2.43. The molecule has 1 N–H and O–H groups in total. The molecule has 4 heteroatoms. The lowest BCUT2D eigenvalue weighted by atomic mass is 10.0. The zero-order chi connectivity index (χ0) is 15.4. The SMILES string of the molecule is O=C(NCCc1ccc(Cl)cc1)N1CCc2ccccc2C1. The Bertz CT molecular complexity index is 654. The molecule has 0 unspecified atom stereocenters. The number of nitrogens with one attached hydrogen (secondary N) is 1. The first kappa shape index (κ1) is 14.9. The topological polar surface area (TPSA) is 32.3 Å². The fraction of sp³-hybridized carbons (Fsp3) is 0.278. The Hall–Kier alpha value is -2.00. The quantitative estimate of drug-likeness (QED) is 0.921. The van der Waals surface area contributed by atoms with E-state index in [1.165, 1.54) is 16.7 Å². The van der Waals surface area contributed by atoms with Gasteiger partial charge >= 0.3 is 6.03 Å². The van der Waals surface area contributed by atoms with Crippen LogP contribution in [-0.4, -0.2) is 24.0 Å². The molecule has 0 saturated heterocycles. The number of carbonyl (C=O) groups is 1. The molecule has 0 atom stereocenters. The van der Waals surface area contributed by atoms with E-state index in [2.05, 4.69) is 23.5 Å². The maximum absolute atomic E-state index is 12.2. The summed E-state index contributed by atoms with van der Waals surface area (Å²) in [4.78, 5) is 14.1. The van der Waals surface area contributed by atoms with Gasteiger partial charge in [0.2, 0.25) is 0 Å². The minimum Gasteiger partial charge on any atom is -0.338 e. The van der Waals surface area contributed by atoms with Crippen molar-refractivity contribution in [3.05, 3.63) is 70.2 Å². The second-order valence-electron chi connectivity index (χ2n) is 5.55. The molecule has 2 aromatic rings. The molecule has 1 heterocycles. The number of rotatable bonds is 3. The summed E-state index contributed by atoms with van der Waals surface area (Å²) in [6.45, 7) is 2.12. The monoisotopic (exact) mass is 314 g/mol. The molecule has 0 aliphatic carbocycles. The lowest BCUT2D eigenvalue weighted by Gasteiger charge is -2.29. The van der Waals surface area contributed by atoms with Gasteiger partial charge in [-0.15, -0.1) is 0 Å². The first-order chi connectivity index (χ1) is 10.7. The first-order valence-electron chi connectivity index (χ1n) is 7.56.